The van der Waals surface area contributed by atoms with Crippen molar-refractivity contribution in [3.63, 3.8) is 0 Å². The van der Waals surface area contributed by atoms with E-state index in [2.05, 4.69) is 0 Å². The Hall–Kier alpha value is -4.06. The monoisotopic (exact) mass is 388 g/mol. The van der Waals surface area contributed by atoms with Gasteiger partial charge in [0.2, 0.25) is 11.5 Å². The molecule has 0 amide bonds. The minimum atomic E-state index is -0.630. The summed E-state index contributed by atoms with van der Waals surface area (Å²) >= 11 is 0. The molecule has 2 heterocycles. The van der Waals surface area contributed by atoms with Crippen molar-refractivity contribution in [3.05, 3.63) is 95.7 Å². The largest absolute Gasteiger partial charge is 0.496 e. The van der Waals surface area contributed by atoms with Crippen LogP contribution in [-0.2, 0) is 0 Å². The summed E-state index contributed by atoms with van der Waals surface area (Å²) in [5, 5.41) is 0. The Morgan fingerprint density at radius 3 is 2.72 bits per heavy atom. The fourth-order valence-electron chi connectivity index (χ4n) is 2.84. The normalized spacial score (nSPS) is 14.1. The first-order chi connectivity index (χ1) is 14.2. The van der Waals surface area contributed by atoms with Crippen LogP contribution < -0.4 is 14.2 Å². The van der Waals surface area contributed by atoms with Gasteiger partial charge in [-0.25, -0.2) is 4.79 Å². The Morgan fingerprint density at radius 2 is 1.93 bits per heavy atom. The van der Waals surface area contributed by atoms with Crippen LogP contribution in [0.3, 0.4) is 0 Å². The third kappa shape index (κ3) is 3.82. The van der Waals surface area contributed by atoms with E-state index in [-0.39, 0.29) is 23.1 Å². The van der Waals surface area contributed by atoms with E-state index in [9.17, 15) is 9.59 Å². The molecule has 0 N–H and O–H groups in total. The Labute approximate surface area is 166 Å². The van der Waals surface area contributed by atoms with Gasteiger partial charge in [-0.3, -0.25) is 4.79 Å². The predicted octanol–water partition coefficient (Wildman–Crippen LogP) is 4.68. The summed E-state index contributed by atoms with van der Waals surface area (Å²) in [6.45, 7) is 0. The van der Waals surface area contributed by atoms with Gasteiger partial charge in [0.15, 0.2) is 5.76 Å². The molecule has 0 saturated carbocycles. The summed E-state index contributed by atoms with van der Waals surface area (Å²) in [5.41, 5.74) is 1.28. The molecule has 1 aliphatic heterocycles. The van der Waals surface area contributed by atoms with Gasteiger partial charge in [0, 0.05) is 11.6 Å². The van der Waals surface area contributed by atoms with Crippen molar-refractivity contribution in [2.45, 2.75) is 0 Å². The Balaban J connectivity index is 1.50. The fourth-order valence-corrected chi connectivity index (χ4v) is 2.84. The SMILES string of the molecule is COc1ccccc1/C=C/C=C1/Oc2cc(OC(=O)c3ccco3)ccc2C1=O. The van der Waals surface area contributed by atoms with Crippen molar-refractivity contribution in [2.24, 2.45) is 0 Å². The summed E-state index contributed by atoms with van der Waals surface area (Å²) in [4.78, 5) is 24.5. The van der Waals surface area contributed by atoms with E-state index in [1.54, 1.807) is 31.4 Å². The maximum absolute atomic E-state index is 12.5. The van der Waals surface area contributed by atoms with E-state index in [0.717, 1.165) is 11.3 Å². The van der Waals surface area contributed by atoms with Gasteiger partial charge in [-0.05, 0) is 36.4 Å². The lowest BCUT2D eigenvalue weighted by atomic mass is 10.1. The second kappa shape index (κ2) is 7.90. The average molecular weight is 388 g/mol. The number of allylic oxidation sites excluding steroid dienone is 3. The summed E-state index contributed by atoms with van der Waals surface area (Å²) in [7, 11) is 1.60. The molecule has 0 radical (unpaired) electrons. The van der Waals surface area contributed by atoms with Gasteiger partial charge in [-0.2, -0.15) is 0 Å². The number of para-hydroxylation sites is 1. The van der Waals surface area contributed by atoms with E-state index >= 15 is 0 Å². The van der Waals surface area contributed by atoms with Crippen molar-refractivity contribution >= 4 is 17.8 Å². The molecule has 6 nitrogen and oxygen atoms in total. The zero-order valence-corrected chi connectivity index (χ0v) is 15.5. The number of furan rings is 1. The van der Waals surface area contributed by atoms with Crippen LogP contribution in [0.1, 0.15) is 26.5 Å². The van der Waals surface area contributed by atoms with Crippen LogP contribution in [0.15, 0.2) is 83.2 Å². The second-order valence-corrected chi connectivity index (χ2v) is 6.09. The lowest BCUT2D eigenvalue weighted by Crippen LogP contribution is -2.07. The van der Waals surface area contributed by atoms with E-state index in [4.69, 9.17) is 18.6 Å². The standard InChI is InChI=1S/C23H16O6/c1-26-18-8-3-2-6-15(18)7-4-9-19-22(24)17-12-11-16(14-21(17)29-19)28-23(25)20-10-5-13-27-20/h2-14H,1H3/b7-4+,19-9+. The highest BCUT2D eigenvalue weighted by atomic mass is 16.5. The maximum atomic E-state index is 12.5. The van der Waals surface area contributed by atoms with Gasteiger partial charge < -0.3 is 18.6 Å². The van der Waals surface area contributed by atoms with Crippen LogP contribution in [0.2, 0.25) is 0 Å². The second-order valence-electron chi connectivity index (χ2n) is 6.09. The molecule has 29 heavy (non-hydrogen) atoms. The Morgan fingerprint density at radius 1 is 1.07 bits per heavy atom. The molecule has 1 aliphatic rings. The van der Waals surface area contributed by atoms with Gasteiger partial charge in [0.05, 0.1) is 18.9 Å². The van der Waals surface area contributed by atoms with Gasteiger partial charge in [-0.15, -0.1) is 0 Å². The topological polar surface area (TPSA) is 75.0 Å². The molecule has 0 aliphatic carbocycles. The first kappa shape index (κ1) is 18.3. The summed E-state index contributed by atoms with van der Waals surface area (Å²) in [6.07, 6.45) is 6.51. The lowest BCUT2D eigenvalue weighted by molar-refractivity contribution is 0.0701. The molecular weight excluding hydrogens is 372 g/mol. The molecule has 3 aromatic rings. The fraction of sp³-hybridized carbons (Fsp3) is 0.0435. The summed E-state index contributed by atoms with van der Waals surface area (Å²) < 4.78 is 21.2. The summed E-state index contributed by atoms with van der Waals surface area (Å²) in [6, 6.07) is 15.2. The molecule has 6 heteroatoms. The van der Waals surface area contributed by atoms with Crippen LogP contribution in [0.4, 0.5) is 0 Å². The van der Waals surface area contributed by atoms with Crippen molar-refractivity contribution in [2.75, 3.05) is 7.11 Å². The predicted molar refractivity (Wildman–Crippen MR) is 105 cm³/mol. The van der Waals surface area contributed by atoms with Crippen LogP contribution in [0.25, 0.3) is 6.08 Å². The number of methoxy groups -OCH3 is 1. The highest BCUT2D eigenvalue weighted by Gasteiger charge is 2.27. The molecule has 0 bridgehead atoms. The van der Waals surface area contributed by atoms with Gasteiger partial charge in [0.25, 0.3) is 0 Å². The van der Waals surface area contributed by atoms with Crippen LogP contribution in [-0.4, -0.2) is 18.9 Å². The number of hydrogen-bond acceptors (Lipinski definition) is 6. The zero-order valence-electron chi connectivity index (χ0n) is 15.5. The van der Waals surface area contributed by atoms with E-state index in [0.29, 0.717) is 11.3 Å². The smallest absolute Gasteiger partial charge is 0.379 e. The number of carbonyl (C=O) groups excluding carboxylic acids is 2. The molecule has 0 spiro atoms. The first-order valence-corrected chi connectivity index (χ1v) is 8.79. The molecular formula is C23H16O6. The lowest BCUT2D eigenvalue weighted by Gasteiger charge is -2.04. The first-order valence-electron chi connectivity index (χ1n) is 8.79. The van der Waals surface area contributed by atoms with Crippen molar-refractivity contribution in [1.29, 1.82) is 0 Å². The minimum absolute atomic E-state index is 0.0876. The molecule has 144 valence electrons. The molecule has 0 unspecified atom stereocenters. The van der Waals surface area contributed by atoms with Gasteiger partial charge in [-0.1, -0.05) is 30.4 Å². The number of hydrogen-bond donors (Lipinski definition) is 0. The minimum Gasteiger partial charge on any atom is -0.496 e. The van der Waals surface area contributed by atoms with Gasteiger partial charge >= 0.3 is 5.97 Å². The molecule has 4 rings (SSSR count). The number of Topliss-reactive ketones (excluding diaryl/α,β-unsaturated/α-hetero) is 1. The Bertz CT molecular complexity index is 1120. The number of carbonyl (C=O) groups is 2. The van der Waals surface area contributed by atoms with Crippen molar-refractivity contribution in [3.8, 4) is 17.2 Å². The van der Waals surface area contributed by atoms with E-state index in [1.165, 1.54) is 24.5 Å². The molecule has 0 fully saturated rings. The van der Waals surface area contributed by atoms with Crippen LogP contribution in [0.5, 0.6) is 17.2 Å². The van der Waals surface area contributed by atoms with Crippen molar-refractivity contribution < 1.29 is 28.2 Å². The highest BCUT2D eigenvalue weighted by Crippen LogP contribution is 2.34. The zero-order chi connectivity index (χ0) is 20.2. The number of ketones is 1. The number of fused-ring (bicyclic) bond motifs is 1. The average Bonchev–Trinajstić information content (AvgIpc) is 3.37. The number of benzene rings is 2. The number of esters is 1. The van der Waals surface area contributed by atoms with Crippen LogP contribution in [0, 0.1) is 0 Å². The number of rotatable bonds is 5. The van der Waals surface area contributed by atoms with E-state index in [1.807, 2.05) is 30.3 Å². The molecule has 0 saturated heterocycles. The molecule has 1 aromatic heterocycles. The van der Waals surface area contributed by atoms with Crippen molar-refractivity contribution in [1.82, 2.24) is 0 Å². The van der Waals surface area contributed by atoms with Gasteiger partial charge in [0.1, 0.15) is 17.2 Å². The van der Waals surface area contributed by atoms with E-state index < -0.39 is 5.97 Å². The Kier molecular flexibility index (Phi) is 4.99. The third-order valence-electron chi connectivity index (χ3n) is 4.24. The third-order valence-corrected chi connectivity index (χ3v) is 4.24. The quantitative estimate of drug-likeness (QED) is 0.359. The number of ether oxygens (including phenoxy) is 3. The molecule has 0 atom stereocenters. The maximum Gasteiger partial charge on any atom is 0.379 e. The molecule has 2 aromatic carbocycles. The highest BCUT2D eigenvalue weighted by molar-refractivity contribution is 6.12. The van der Waals surface area contributed by atoms with Crippen LogP contribution >= 0.6 is 0 Å². The summed E-state index contributed by atoms with van der Waals surface area (Å²) in [5.74, 6) is 0.709.